The molecule has 0 N–H and O–H groups in total. The van der Waals surface area contributed by atoms with Gasteiger partial charge in [-0.2, -0.15) is 0 Å². The van der Waals surface area contributed by atoms with Gasteiger partial charge in [0.1, 0.15) is 0 Å². The van der Waals surface area contributed by atoms with Crippen LogP contribution in [0.5, 0.6) is 0 Å². The molecule has 1 fully saturated rings. The molecule has 0 aromatic heterocycles. The molecule has 0 bridgehead atoms. The largest absolute Gasteiger partial charge is 0.103 e. The summed E-state index contributed by atoms with van der Waals surface area (Å²) in [6.45, 7) is 6.17. The average Bonchev–Trinajstić information content (AvgIpc) is 2.60. The minimum Gasteiger partial charge on any atom is -0.103 e. The highest BCUT2D eigenvalue weighted by Gasteiger charge is 2.10. The van der Waals surface area contributed by atoms with Crippen LogP contribution in [0, 0.1) is 5.92 Å². The Morgan fingerprint density at radius 2 is 1.46 bits per heavy atom. The lowest BCUT2D eigenvalue weighted by Gasteiger charge is -2.18. The lowest BCUT2D eigenvalue weighted by molar-refractivity contribution is 0.346. The third-order valence-electron chi connectivity index (χ3n) is 5.38. The van der Waals surface area contributed by atoms with E-state index >= 15 is 0 Å². The van der Waals surface area contributed by atoms with Crippen LogP contribution in [0.25, 0.3) is 32.3 Å². The molecule has 0 unspecified atom stereocenters. The monoisotopic (exact) mass is 312 g/mol. The van der Waals surface area contributed by atoms with E-state index < -0.39 is 0 Å². The van der Waals surface area contributed by atoms with Crippen LogP contribution in [0.15, 0.2) is 67.3 Å². The van der Waals surface area contributed by atoms with E-state index in [1.807, 2.05) is 6.08 Å². The van der Waals surface area contributed by atoms with Crippen LogP contribution in [0.3, 0.4) is 0 Å². The second-order valence-corrected chi connectivity index (χ2v) is 7.11. The van der Waals surface area contributed by atoms with Gasteiger partial charge in [0.15, 0.2) is 0 Å². The van der Waals surface area contributed by atoms with Crippen LogP contribution in [0.2, 0.25) is 0 Å². The molecular weight excluding hydrogens is 288 g/mol. The van der Waals surface area contributed by atoms with Gasteiger partial charge >= 0.3 is 0 Å². The van der Waals surface area contributed by atoms with E-state index in [2.05, 4.69) is 68.1 Å². The fourth-order valence-electron chi connectivity index (χ4n) is 3.74. The Hall–Kier alpha value is -2.34. The summed E-state index contributed by atoms with van der Waals surface area (Å²) >= 11 is 0. The number of hydrogen-bond donors (Lipinski definition) is 0. The summed E-state index contributed by atoms with van der Waals surface area (Å²) in [7, 11) is 0. The van der Waals surface area contributed by atoms with Crippen molar-refractivity contribution < 1.29 is 0 Å². The summed E-state index contributed by atoms with van der Waals surface area (Å²) in [5, 5.41) is 8.13. The molecule has 0 heteroatoms. The van der Waals surface area contributed by atoms with Gasteiger partial charge < -0.3 is 0 Å². The molecule has 120 valence electrons. The molecular formula is C24H24. The van der Waals surface area contributed by atoms with Crippen molar-refractivity contribution in [2.45, 2.75) is 32.6 Å². The van der Waals surface area contributed by atoms with E-state index in [9.17, 15) is 0 Å². The predicted molar refractivity (Wildman–Crippen MR) is 107 cm³/mol. The quantitative estimate of drug-likeness (QED) is 0.273. The standard InChI is InChI=1S/C19H14.C5H10/c1-2-4-13-7-8-16-10-9-14-5-3-6-15-11-12-17(13)19(16)18(14)15;1-5-3-2-4-5/h2-3,5-12H,1,4H2;5H,2-4H2,1H3. The zero-order valence-corrected chi connectivity index (χ0v) is 14.4. The predicted octanol–water partition coefficient (Wildman–Crippen LogP) is 7.12. The highest BCUT2D eigenvalue weighted by Crippen LogP contribution is 2.35. The maximum atomic E-state index is 3.87. The number of hydrogen-bond acceptors (Lipinski definition) is 0. The SMILES string of the molecule is C=CCc1ccc2ccc3cccc4ccc1c2c34.CC1CCC1. The molecule has 0 amide bonds. The van der Waals surface area contributed by atoms with Crippen molar-refractivity contribution in [2.24, 2.45) is 5.92 Å². The highest BCUT2D eigenvalue weighted by atomic mass is 14.2. The van der Waals surface area contributed by atoms with Crippen molar-refractivity contribution in [1.29, 1.82) is 0 Å². The van der Waals surface area contributed by atoms with Gasteiger partial charge in [0.05, 0.1) is 0 Å². The Morgan fingerprint density at radius 1 is 0.875 bits per heavy atom. The Kier molecular flexibility index (Phi) is 3.98. The van der Waals surface area contributed by atoms with E-state index in [1.165, 1.54) is 57.1 Å². The van der Waals surface area contributed by atoms with Crippen LogP contribution in [0.4, 0.5) is 0 Å². The molecule has 1 aliphatic carbocycles. The Bertz CT molecular complexity index is 973. The first-order valence-electron chi connectivity index (χ1n) is 9.04. The lowest BCUT2D eigenvalue weighted by Crippen LogP contribution is -2.04. The molecule has 0 aliphatic heterocycles. The first-order valence-corrected chi connectivity index (χ1v) is 9.04. The van der Waals surface area contributed by atoms with Gasteiger partial charge in [0.25, 0.3) is 0 Å². The third kappa shape index (κ3) is 2.57. The first-order chi connectivity index (χ1) is 11.8. The molecule has 0 nitrogen and oxygen atoms in total. The summed E-state index contributed by atoms with van der Waals surface area (Å²) in [5.41, 5.74) is 1.36. The zero-order valence-electron chi connectivity index (χ0n) is 14.4. The minimum absolute atomic E-state index is 0.925. The van der Waals surface area contributed by atoms with Crippen molar-refractivity contribution in [3.63, 3.8) is 0 Å². The minimum atomic E-state index is 0.925. The fraction of sp³-hybridized carbons (Fsp3) is 0.250. The second-order valence-electron chi connectivity index (χ2n) is 7.11. The number of benzene rings is 4. The molecule has 0 spiro atoms. The van der Waals surface area contributed by atoms with E-state index in [4.69, 9.17) is 0 Å². The topological polar surface area (TPSA) is 0 Å². The third-order valence-corrected chi connectivity index (χ3v) is 5.38. The van der Waals surface area contributed by atoms with Crippen molar-refractivity contribution in [2.75, 3.05) is 0 Å². The number of allylic oxidation sites excluding steroid dienone is 1. The summed E-state index contributed by atoms with van der Waals surface area (Å²) in [5.74, 6) is 1.06. The molecule has 4 aromatic rings. The van der Waals surface area contributed by atoms with Crippen molar-refractivity contribution in [3.8, 4) is 0 Å². The number of rotatable bonds is 2. The maximum absolute atomic E-state index is 3.87. The van der Waals surface area contributed by atoms with E-state index in [0.717, 1.165) is 12.3 Å². The Labute approximate surface area is 144 Å². The maximum Gasteiger partial charge on any atom is -0.00239 e. The highest BCUT2D eigenvalue weighted by molar-refractivity contribution is 6.23. The lowest BCUT2D eigenvalue weighted by atomic mass is 9.88. The molecule has 0 atom stereocenters. The van der Waals surface area contributed by atoms with Crippen LogP contribution in [-0.4, -0.2) is 0 Å². The van der Waals surface area contributed by atoms with Gasteiger partial charge in [0.2, 0.25) is 0 Å². The first kappa shape index (κ1) is 15.2. The summed E-state index contributed by atoms with van der Waals surface area (Å²) in [6.07, 6.45) is 7.36. The molecule has 0 heterocycles. The molecule has 4 aromatic carbocycles. The molecule has 1 aliphatic rings. The smallest absolute Gasteiger partial charge is 0.00239 e. The normalized spacial score (nSPS) is 14.5. The second kappa shape index (κ2) is 6.28. The van der Waals surface area contributed by atoms with Crippen molar-refractivity contribution in [3.05, 3.63) is 72.8 Å². The fourth-order valence-corrected chi connectivity index (χ4v) is 3.74. The molecule has 24 heavy (non-hydrogen) atoms. The van der Waals surface area contributed by atoms with Gasteiger partial charge in [-0.1, -0.05) is 86.9 Å². The van der Waals surface area contributed by atoms with Gasteiger partial charge in [-0.05, 0) is 50.2 Å². The van der Waals surface area contributed by atoms with Gasteiger partial charge in [0, 0.05) is 0 Å². The van der Waals surface area contributed by atoms with Crippen LogP contribution < -0.4 is 0 Å². The van der Waals surface area contributed by atoms with E-state index in [1.54, 1.807) is 0 Å². The van der Waals surface area contributed by atoms with Gasteiger partial charge in [-0.3, -0.25) is 0 Å². The summed E-state index contributed by atoms with van der Waals surface area (Å²) in [4.78, 5) is 0. The summed E-state index contributed by atoms with van der Waals surface area (Å²) in [6, 6.07) is 19.9. The average molecular weight is 312 g/mol. The molecule has 0 saturated heterocycles. The van der Waals surface area contributed by atoms with E-state index in [-0.39, 0.29) is 0 Å². The van der Waals surface area contributed by atoms with E-state index in [0.29, 0.717) is 0 Å². The van der Waals surface area contributed by atoms with Crippen LogP contribution in [0.1, 0.15) is 31.7 Å². The Balaban J connectivity index is 0.000000252. The molecule has 0 radical (unpaired) electrons. The van der Waals surface area contributed by atoms with Crippen molar-refractivity contribution in [1.82, 2.24) is 0 Å². The molecule has 1 saturated carbocycles. The zero-order chi connectivity index (χ0) is 16.5. The van der Waals surface area contributed by atoms with Gasteiger partial charge in [-0.25, -0.2) is 0 Å². The summed E-state index contributed by atoms with van der Waals surface area (Å²) < 4.78 is 0. The van der Waals surface area contributed by atoms with Crippen LogP contribution in [-0.2, 0) is 6.42 Å². The Morgan fingerprint density at radius 3 is 2.04 bits per heavy atom. The van der Waals surface area contributed by atoms with Crippen LogP contribution >= 0.6 is 0 Å². The molecule has 5 rings (SSSR count). The van der Waals surface area contributed by atoms with Crippen molar-refractivity contribution >= 4 is 32.3 Å². The van der Waals surface area contributed by atoms with Gasteiger partial charge in [-0.15, -0.1) is 6.58 Å².